The average molecular weight is 395 g/mol. The predicted octanol–water partition coefficient (Wildman–Crippen LogP) is 4.81. The van der Waals surface area contributed by atoms with Crippen molar-refractivity contribution in [1.82, 2.24) is 4.98 Å². The molecule has 0 saturated carbocycles. The molecule has 0 aliphatic heterocycles. The number of carbonyl (C=O) groups excluding carboxylic acids is 2. The number of carbonyl (C=O) groups is 2. The zero-order valence-corrected chi connectivity index (χ0v) is 16.5. The second-order valence-corrected chi connectivity index (χ2v) is 6.96. The highest BCUT2D eigenvalue weighted by Crippen LogP contribution is 2.26. The smallest absolute Gasteiger partial charge is 0.257 e. The molecule has 0 unspecified atom stereocenters. The standard InChI is InChI=1S/C21H21N3O3S/c1-3-5-19(25)22-16-10-8-14(9-11-16)18-13-28-21(23-18)24-20(26)15-6-4-7-17(12-15)27-2/h4,6-13H,3,5H2,1-2H3,(H,22,25)(H,23,24,26). The van der Waals surface area contributed by atoms with E-state index in [-0.39, 0.29) is 11.8 Å². The minimum absolute atomic E-state index is 0.00597. The fraction of sp³-hybridized carbons (Fsp3) is 0.190. The number of amides is 2. The summed E-state index contributed by atoms with van der Waals surface area (Å²) in [5.41, 5.74) is 2.93. The van der Waals surface area contributed by atoms with Gasteiger partial charge in [0.2, 0.25) is 5.91 Å². The number of anilines is 2. The molecule has 2 amide bonds. The second kappa shape index (κ2) is 9.14. The number of thiazole rings is 1. The van der Waals surface area contributed by atoms with Crippen molar-refractivity contribution in [3.63, 3.8) is 0 Å². The van der Waals surface area contributed by atoms with Crippen molar-refractivity contribution in [1.29, 1.82) is 0 Å². The zero-order chi connectivity index (χ0) is 19.9. The first kappa shape index (κ1) is 19.6. The van der Waals surface area contributed by atoms with E-state index in [0.29, 0.717) is 22.9 Å². The molecular weight excluding hydrogens is 374 g/mol. The number of rotatable bonds is 7. The lowest BCUT2D eigenvalue weighted by molar-refractivity contribution is -0.116. The van der Waals surface area contributed by atoms with Crippen LogP contribution >= 0.6 is 11.3 Å². The largest absolute Gasteiger partial charge is 0.497 e. The van der Waals surface area contributed by atoms with Gasteiger partial charge in [0, 0.05) is 28.6 Å². The summed E-state index contributed by atoms with van der Waals surface area (Å²) in [4.78, 5) is 28.5. The quantitative estimate of drug-likeness (QED) is 0.602. The number of aromatic nitrogens is 1. The number of nitrogens with one attached hydrogen (secondary N) is 2. The van der Waals surface area contributed by atoms with Gasteiger partial charge in [-0.1, -0.05) is 25.1 Å². The van der Waals surface area contributed by atoms with E-state index in [1.165, 1.54) is 11.3 Å². The van der Waals surface area contributed by atoms with Crippen molar-refractivity contribution in [2.45, 2.75) is 19.8 Å². The highest BCUT2D eigenvalue weighted by Gasteiger charge is 2.11. The van der Waals surface area contributed by atoms with Crippen LogP contribution in [0.15, 0.2) is 53.9 Å². The Bertz CT molecular complexity index is 967. The molecule has 2 aromatic carbocycles. The molecule has 1 heterocycles. The van der Waals surface area contributed by atoms with E-state index in [0.717, 1.165) is 23.4 Å². The predicted molar refractivity (Wildman–Crippen MR) is 112 cm³/mol. The maximum absolute atomic E-state index is 12.4. The van der Waals surface area contributed by atoms with E-state index in [1.54, 1.807) is 31.4 Å². The van der Waals surface area contributed by atoms with Crippen LogP contribution in [0.3, 0.4) is 0 Å². The summed E-state index contributed by atoms with van der Waals surface area (Å²) in [6, 6.07) is 14.4. The first-order valence-electron chi connectivity index (χ1n) is 8.90. The number of hydrogen-bond donors (Lipinski definition) is 2. The average Bonchev–Trinajstić information content (AvgIpc) is 3.17. The Morgan fingerprint density at radius 3 is 2.61 bits per heavy atom. The first-order chi connectivity index (χ1) is 13.6. The Balaban J connectivity index is 1.66. The molecule has 7 heteroatoms. The van der Waals surface area contributed by atoms with Crippen LogP contribution < -0.4 is 15.4 Å². The van der Waals surface area contributed by atoms with Gasteiger partial charge in [-0.05, 0) is 36.8 Å². The molecule has 0 radical (unpaired) electrons. The van der Waals surface area contributed by atoms with Gasteiger partial charge in [-0.15, -0.1) is 11.3 Å². The van der Waals surface area contributed by atoms with Crippen molar-refractivity contribution < 1.29 is 14.3 Å². The molecule has 0 spiro atoms. The topological polar surface area (TPSA) is 80.3 Å². The molecule has 3 rings (SSSR count). The molecule has 144 valence electrons. The first-order valence-corrected chi connectivity index (χ1v) is 9.78. The maximum atomic E-state index is 12.4. The van der Waals surface area contributed by atoms with Gasteiger partial charge in [0.1, 0.15) is 5.75 Å². The molecule has 0 fully saturated rings. The van der Waals surface area contributed by atoms with Crippen LogP contribution in [0.25, 0.3) is 11.3 Å². The molecule has 6 nitrogen and oxygen atoms in total. The van der Waals surface area contributed by atoms with Crippen LogP contribution in [0.4, 0.5) is 10.8 Å². The highest BCUT2D eigenvalue weighted by molar-refractivity contribution is 7.14. The van der Waals surface area contributed by atoms with Gasteiger partial charge in [0.05, 0.1) is 12.8 Å². The summed E-state index contributed by atoms with van der Waals surface area (Å²) >= 11 is 1.35. The van der Waals surface area contributed by atoms with Gasteiger partial charge in [-0.3, -0.25) is 14.9 Å². The van der Waals surface area contributed by atoms with E-state index in [2.05, 4.69) is 15.6 Å². The third kappa shape index (κ3) is 4.95. The minimum atomic E-state index is -0.242. The third-order valence-electron chi connectivity index (χ3n) is 4.00. The number of benzene rings is 2. The summed E-state index contributed by atoms with van der Waals surface area (Å²) in [7, 11) is 1.56. The van der Waals surface area contributed by atoms with Gasteiger partial charge in [0.25, 0.3) is 5.91 Å². The van der Waals surface area contributed by atoms with Gasteiger partial charge < -0.3 is 10.1 Å². The third-order valence-corrected chi connectivity index (χ3v) is 4.76. The van der Waals surface area contributed by atoms with Gasteiger partial charge in [-0.2, -0.15) is 0 Å². The van der Waals surface area contributed by atoms with Gasteiger partial charge in [0.15, 0.2) is 5.13 Å². The fourth-order valence-electron chi connectivity index (χ4n) is 2.57. The lowest BCUT2D eigenvalue weighted by Gasteiger charge is -2.05. The Hall–Kier alpha value is -3.19. The normalized spacial score (nSPS) is 10.4. The SMILES string of the molecule is CCCC(=O)Nc1ccc(-c2csc(NC(=O)c3cccc(OC)c3)n2)cc1. The van der Waals surface area contributed by atoms with E-state index >= 15 is 0 Å². The van der Waals surface area contributed by atoms with Crippen molar-refractivity contribution in [2.75, 3.05) is 17.7 Å². The Morgan fingerprint density at radius 1 is 1.11 bits per heavy atom. The minimum Gasteiger partial charge on any atom is -0.497 e. The van der Waals surface area contributed by atoms with E-state index < -0.39 is 0 Å². The summed E-state index contributed by atoms with van der Waals surface area (Å²) in [6.45, 7) is 1.97. The van der Waals surface area contributed by atoms with Crippen LogP contribution in [0.1, 0.15) is 30.1 Å². The molecule has 0 aliphatic rings. The van der Waals surface area contributed by atoms with Gasteiger partial charge >= 0.3 is 0 Å². The Kier molecular flexibility index (Phi) is 6.39. The number of ether oxygens (including phenoxy) is 1. The fourth-order valence-corrected chi connectivity index (χ4v) is 3.29. The van der Waals surface area contributed by atoms with Crippen LogP contribution in [-0.2, 0) is 4.79 Å². The van der Waals surface area contributed by atoms with Crippen molar-refractivity contribution in [3.05, 3.63) is 59.5 Å². The number of hydrogen-bond acceptors (Lipinski definition) is 5. The molecule has 28 heavy (non-hydrogen) atoms. The van der Waals surface area contributed by atoms with E-state index in [4.69, 9.17) is 4.74 Å². The molecule has 3 aromatic rings. The molecule has 0 atom stereocenters. The van der Waals surface area contributed by atoms with E-state index in [9.17, 15) is 9.59 Å². The Morgan fingerprint density at radius 2 is 1.89 bits per heavy atom. The summed E-state index contributed by atoms with van der Waals surface area (Å²) in [5.74, 6) is 0.388. The number of methoxy groups -OCH3 is 1. The lowest BCUT2D eigenvalue weighted by atomic mass is 10.1. The summed E-state index contributed by atoms with van der Waals surface area (Å²) < 4.78 is 5.15. The van der Waals surface area contributed by atoms with Crippen molar-refractivity contribution in [3.8, 4) is 17.0 Å². The van der Waals surface area contributed by atoms with Crippen LogP contribution in [0.5, 0.6) is 5.75 Å². The monoisotopic (exact) mass is 395 g/mol. The Labute approximate surface area is 167 Å². The summed E-state index contributed by atoms with van der Waals surface area (Å²) in [6.07, 6.45) is 1.32. The van der Waals surface area contributed by atoms with Gasteiger partial charge in [-0.25, -0.2) is 4.98 Å². The highest BCUT2D eigenvalue weighted by atomic mass is 32.1. The van der Waals surface area contributed by atoms with Crippen molar-refractivity contribution >= 4 is 34.0 Å². The van der Waals surface area contributed by atoms with Crippen molar-refractivity contribution in [2.24, 2.45) is 0 Å². The van der Waals surface area contributed by atoms with E-state index in [1.807, 2.05) is 36.6 Å². The second-order valence-electron chi connectivity index (χ2n) is 6.10. The molecule has 2 N–H and O–H groups in total. The molecule has 0 saturated heterocycles. The zero-order valence-electron chi connectivity index (χ0n) is 15.7. The molecule has 0 aliphatic carbocycles. The van der Waals surface area contributed by atoms with Crippen LogP contribution in [0.2, 0.25) is 0 Å². The molecule has 0 bridgehead atoms. The molecular formula is C21H21N3O3S. The van der Waals surface area contributed by atoms with Crippen LogP contribution in [-0.4, -0.2) is 23.9 Å². The molecule has 1 aromatic heterocycles. The number of nitrogens with zero attached hydrogens (tertiary/aromatic N) is 1. The summed E-state index contributed by atoms with van der Waals surface area (Å²) in [5, 5.41) is 8.06. The lowest BCUT2D eigenvalue weighted by Crippen LogP contribution is -2.11. The van der Waals surface area contributed by atoms with Crippen LogP contribution in [0, 0.1) is 0 Å². The maximum Gasteiger partial charge on any atom is 0.257 e.